The lowest BCUT2D eigenvalue weighted by Crippen LogP contribution is -2.45. The number of hydrogen-bond acceptors (Lipinski definition) is 5. The average molecular weight is 485 g/mol. The van der Waals surface area contributed by atoms with Gasteiger partial charge in [-0.3, -0.25) is 19.3 Å². The number of nitrogens with one attached hydrogen (secondary N) is 1. The molecule has 0 saturated carbocycles. The molecule has 30 heavy (non-hydrogen) atoms. The molecule has 1 heterocycles. The minimum Gasteiger partial charge on any atom is -0.395 e. The first-order chi connectivity index (χ1) is 14.0. The lowest BCUT2D eigenvalue weighted by atomic mass is 10.1. The van der Waals surface area contributed by atoms with Crippen molar-refractivity contribution in [3.05, 3.63) is 45.6 Å². The molecule has 1 aliphatic heterocycles. The van der Waals surface area contributed by atoms with Gasteiger partial charge in [0, 0.05) is 70.6 Å². The number of hydrogen-bond donors (Lipinski definition) is 2. The number of benzene rings is 1. The van der Waals surface area contributed by atoms with Crippen molar-refractivity contribution < 1.29 is 22.2 Å². The topological polar surface area (TPSA) is 90.5 Å². The Hall–Kier alpha value is -1.62. The molecule has 1 aliphatic rings. The van der Waals surface area contributed by atoms with E-state index in [4.69, 9.17) is 34.3 Å². The number of nitrogens with zero attached hydrogens (tertiary/aromatic N) is 2. The number of rotatable bonds is 7. The summed E-state index contributed by atoms with van der Waals surface area (Å²) >= 11 is 12.3. The van der Waals surface area contributed by atoms with Crippen molar-refractivity contribution in [2.24, 2.45) is 5.73 Å². The Bertz CT molecular complexity index is 834. The van der Waals surface area contributed by atoms with E-state index in [-0.39, 0.29) is 13.1 Å². The summed E-state index contributed by atoms with van der Waals surface area (Å²) in [4.78, 5) is 15.9. The molecule has 0 bridgehead atoms. The largest absolute Gasteiger partial charge is 0.430 e. The number of alkyl halides is 3. The molecule has 166 valence electrons. The second-order valence-corrected chi connectivity index (χ2v) is 9.14. The second-order valence-electron chi connectivity index (χ2n) is 6.63. The van der Waals surface area contributed by atoms with Crippen LogP contribution >= 0.6 is 23.2 Å². The van der Waals surface area contributed by atoms with Crippen LogP contribution < -0.4 is 5.73 Å². The molecule has 0 aliphatic carbocycles. The highest BCUT2D eigenvalue weighted by Gasteiger charge is 2.32. The number of carbonyl (C=O) groups is 1. The Balaban J connectivity index is 2.20. The van der Waals surface area contributed by atoms with Crippen LogP contribution in [0.25, 0.3) is 0 Å². The molecule has 3 N–H and O–H groups in total. The summed E-state index contributed by atoms with van der Waals surface area (Å²) in [5, 5.41) is 8.38. The maximum absolute atomic E-state index is 12.7. The maximum atomic E-state index is 12.7. The molecule has 12 heteroatoms. The van der Waals surface area contributed by atoms with E-state index in [2.05, 4.69) is 0 Å². The summed E-state index contributed by atoms with van der Waals surface area (Å²) in [6.45, 7) is 1.60. The predicted octanol–water partition coefficient (Wildman–Crippen LogP) is 2.81. The van der Waals surface area contributed by atoms with Crippen molar-refractivity contribution in [3.8, 4) is 0 Å². The van der Waals surface area contributed by atoms with Crippen molar-refractivity contribution in [2.45, 2.75) is 12.7 Å². The van der Waals surface area contributed by atoms with E-state index in [1.165, 1.54) is 4.90 Å². The highest BCUT2D eigenvalue weighted by atomic mass is 35.5. The fourth-order valence-corrected chi connectivity index (χ4v) is 4.40. The van der Waals surface area contributed by atoms with Crippen molar-refractivity contribution >= 4 is 45.6 Å². The van der Waals surface area contributed by atoms with E-state index in [0.717, 1.165) is 0 Å². The molecule has 6 nitrogen and oxygen atoms in total. The van der Waals surface area contributed by atoms with Crippen molar-refractivity contribution in [1.82, 2.24) is 9.80 Å². The predicted molar refractivity (Wildman–Crippen MR) is 112 cm³/mol. The summed E-state index contributed by atoms with van der Waals surface area (Å²) in [6, 6.07) is 4.79. The van der Waals surface area contributed by atoms with Crippen LogP contribution in [0.5, 0.6) is 0 Å². The van der Waals surface area contributed by atoms with Gasteiger partial charge in [-0.2, -0.15) is 13.2 Å². The minimum absolute atomic E-state index is 0.0841. The maximum Gasteiger partial charge on any atom is 0.430 e. The highest BCUT2D eigenvalue weighted by Crippen LogP contribution is 2.26. The third kappa shape index (κ3) is 6.97. The van der Waals surface area contributed by atoms with Gasteiger partial charge in [-0.25, -0.2) is 0 Å². The highest BCUT2D eigenvalue weighted by molar-refractivity contribution is 7.85. The summed E-state index contributed by atoms with van der Waals surface area (Å²) in [6.07, 6.45) is -4.54. The standard InChI is InChI=1S/C18H21Cl2F3N4O2S/c19-13-2-1-3-14(20)12(13)11-27(5-4-26-6-8-30(29)9-7-26)17(28)15(24)10-16(25)18(21,22)23/h1-3,10,24H,4-9,11,25H2. The Labute approximate surface area is 184 Å². The SMILES string of the molecule is N=C(C=C(N)C(F)(F)F)C(=O)N(CCN1CCS(=O)CC1)Cc1c(Cl)cccc1Cl. The van der Waals surface area contributed by atoms with E-state index in [1.807, 2.05) is 4.90 Å². The first-order valence-corrected chi connectivity index (χ1v) is 11.2. The van der Waals surface area contributed by atoms with Gasteiger partial charge in [0.05, 0.1) is 0 Å². The average Bonchev–Trinajstić information content (AvgIpc) is 2.67. The number of halogens is 5. The lowest BCUT2D eigenvalue weighted by molar-refractivity contribution is -0.124. The molecule has 0 atom stereocenters. The van der Waals surface area contributed by atoms with Gasteiger partial charge in [-0.05, 0) is 18.2 Å². The van der Waals surface area contributed by atoms with Crippen LogP contribution in [0.2, 0.25) is 10.0 Å². The van der Waals surface area contributed by atoms with Crippen LogP contribution in [0.1, 0.15) is 5.56 Å². The van der Waals surface area contributed by atoms with Crippen LogP contribution in [0.4, 0.5) is 13.2 Å². The third-order valence-corrected chi connectivity index (χ3v) is 6.50. The van der Waals surface area contributed by atoms with Crippen LogP contribution in [-0.2, 0) is 22.1 Å². The molecule has 0 unspecified atom stereocenters. The molecule has 1 saturated heterocycles. The van der Waals surface area contributed by atoms with E-state index >= 15 is 0 Å². The minimum atomic E-state index is -4.84. The van der Waals surface area contributed by atoms with Crippen molar-refractivity contribution in [2.75, 3.05) is 37.7 Å². The Morgan fingerprint density at radius 1 is 1.27 bits per heavy atom. The molecular formula is C18H21Cl2F3N4O2S. The first-order valence-electron chi connectivity index (χ1n) is 8.91. The molecule has 0 aromatic heterocycles. The second kappa shape index (κ2) is 10.6. The van der Waals surface area contributed by atoms with Crippen LogP contribution in [0, 0.1) is 5.41 Å². The summed E-state index contributed by atoms with van der Waals surface area (Å²) in [7, 11) is -0.864. The molecule has 1 amide bonds. The Morgan fingerprint density at radius 3 is 2.37 bits per heavy atom. The van der Waals surface area contributed by atoms with Gasteiger partial charge in [0.25, 0.3) is 5.91 Å². The zero-order valence-electron chi connectivity index (χ0n) is 15.8. The zero-order valence-corrected chi connectivity index (χ0v) is 18.2. The van der Waals surface area contributed by atoms with Gasteiger partial charge < -0.3 is 10.6 Å². The number of carbonyl (C=O) groups excluding carboxylic acids is 1. The van der Waals surface area contributed by atoms with Gasteiger partial charge in [-0.1, -0.05) is 29.3 Å². The Kier molecular flexibility index (Phi) is 8.72. The van der Waals surface area contributed by atoms with E-state index in [9.17, 15) is 22.2 Å². The van der Waals surface area contributed by atoms with Gasteiger partial charge >= 0.3 is 6.18 Å². The number of amides is 1. The van der Waals surface area contributed by atoms with Crippen molar-refractivity contribution in [3.63, 3.8) is 0 Å². The fourth-order valence-electron chi connectivity index (χ4n) is 2.76. The summed E-state index contributed by atoms with van der Waals surface area (Å²) in [5.74, 6) is 0.106. The Morgan fingerprint density at radius 2 is 1.83 bits per heavy atom. The zero-order chi connectivity index (χ0) is 22.5. The number of nitrogens with two attached hydrogens (primary N) is 1. The normalized spacial score (nSPS) is 16.5. The fraction of sp³-hybridized carbons (Fsp3) is 0.444. The van der Waals surface area contributed by atoms with E-state index < -0.39 is 34.3 Å². The molecule has 1 fully saturated rings. The van der Waals surface area contributed by atoms with Crippen LogP contribution in [0.3, 0.4) is 0 Å². The summed E-state index contributed by atoms with van der Waals surface area (Å²) < 4.78 is 49.5. The summed E-state index contributed by atoms with van der Waals surface area (Å²) in [5.41, 5.74) is 2.94. The van der Waals surface area contributed by atoms with Gasteiger partial charge in [0.1, 0.15) is 11.4 Å². The molecular weight excluding hydrogens is 464 g/mol. The quantitative estimate of drug-likeness (QED) is 0.582. The molecule has 1 aromatic rings. The van der Waals surface area contributed by atoms with E-state index in [0.29, 0.717) is 52.8 Å². The van der Waals surface area contributed by atoms with Crippen molar-refractivity contribution in [1.29, 1.82) is 5.41 Å². The molecule has 1 aromatic carbocycles. The molecule has 0 spiro atoms. The molecule has 0 radical (unpaired) electrons. The monoisotopic (exact) mass is 484 g/mol. The van der Waals surface area contributed by atoms with Gasteiger partial charge in [-0.15, -0.1) is 0 Å². The third-order valence-electron chi connectivity index (χ3n) is 4.51. The van der Waals surface area contributed by atoms with Crippen LogP contribution in [-0.4, -0.2) is 69.5 Å². The number of allylic oxidation sites excluding steroid dienone is 1. The molecule has 2 rings (SSSR count). The van der Waals surface area contributed by atoms with E-state index in [1.54, 1.807) is 18.2 Å². The lowest BCUT2D eigenvalue weighted by Gasteiger charge is -2.30. The smallest absolute Gasteiger partial charge is 0.395 e. The van der Waals surface area contributed by atoms with Gasteiger partial charge in [0.2, 0.25) is 0 Å². The van der Waals surface area contributed by atoms with Crippen LogP contribution in [0.15, 0.2) is 30.0 Å². The van der Waals surface area contributed by atoms with Gasteiger partial charge in [0.15, 0.2) is 0 Å². The first kappa shape index (κ1) is 24.6.